The zero-order valence-electron chi connectivity index (χ0n) is 7.80. The highest BCUT2D eigenvalue weighted by atomic mass is 79.9. The Morgan fingerprint density at radius 3 is 2.67 bits per heavy atom. The summed E-state index contributed by atoms with van der Waals surface area (Å²) in [6.07, 6.45) is 6.02. The van der Waals surface area contributed by atoms with Gasteiger partial charge in [-0.05, 0) is 38.1 Å². The van der Waals surface area contributed by atoms with E-state index >= 15 is 0 Å². The van der Waals surface area contributed by atoms with E-state index in [-0.39, 0.29) is 0 Å². The molecule has 3 unspecified atom stereocenters. The first-order valence-electron chi connectivity index (χ1n) is 5.07. The Hall–Kier alpha value is 0.440. The monoisotopic (exact) mass is 231 g/mol. The fraction of sp³-hybridized carbons (Fsp3) is 1.00. The van der Waals surface area contributed by atoms with Crippen LogP contribution in [0.5, 0.6) is 0 Å². The summed E-state index contributed by atoms with van der Waals surface area (Å²) in [4.78, 5) is 2.55. The Balaban J connectivity index is 1.89. The predicted octanol–water partition coefficient (Wildman–Crippen LogP) is 2.50. The van der Waals surface area contributed by atoms with Gasteiger partial charge >= 0.3 is 0 Å². The number of hydrogen-bond acceptors (Lipinski definition) is 1. The molecule has 2 rings (SSSR count). The van der Waals surface area contributed by atoms with Gasteiger partial charge in [0.15, 0.2) is 0 Å². The fourth-order valence-corrected chi connectivity index (χ4v) is 3.61. The van der Waals surface area contributed by atoms with Crippen LogP contribution in [0.2, 0.25) is 0 Å². The molecule has 0 aromatic carbocycles. The number of halogens is 1. The third kappa shape index (κ3) is 1.56. The first-order valence-corrected chi connectivity index (χ1v) is 6.19. The third-order valence-electron chi connectivity index (χ3n) is 3.70. The second kappa shape index (κ2) is 3.67. The van der Waals surface area contributed by atoms with Gasteiger partial charge in [0.05, 0.1) is 0 Å². The van der Waals surface area contributed by atoms with Crippen LogP contribution in [0.1, 0.15) is 25.7 Å². The highest BCUT2D eigenvalue weighted by Crippen LogP contribution is 2.46. The lowest BCUT2D eigenvalue weighted by molar-refractivity contribution is 0.186. The molecule has 12 heavy (non-hydrogen) atoms. The van der Waals surface area contributed by atoms with Gasteiger partial charge in [-0.2, -0.15) is 0 Å². The summed E-state index contributed by atoms with van der Waals surface area (Å²) in [5, 5.41) is 1.12. The number of nitrogens with zero attached hydrogens (tertiary/aromatic N) is 1. The summed E-state index contributed by atoms with van der Waals surface area (Å²) >= 11 is 3.51. The van der Waals surface area contributed by atoms with Gasteiger partial charge in [-0.15, -0.1) is 0 Å². The number of hydrogen-bond donors (Lipinski definition) is 0. The Labute approximate surface area is 83.6 Å². The van der Waals surface area contributed by atoms with Gasteiger partial charge in [0.1, 0.15) is 0 Å². The molecule has 0 heterocycles. The van der Waals surface area contributed by atoms with Gasteiger partial charge in [-0.25, -0.2) is 0 Å². The Kier molecular flexibility index (Phi) is 2.75. The van der Waals surface area contributed by atoms with E-state index in [1.165, 1.54) is 32.2 Å². The molecule has 0 N–H and O–H groups in total. The quantitative estimate of drug-likeness (QED) is 0.676. The smallest absolute Gasteiger partial charge is 0.0159 e. The maximum Gasteiger partial charge on any atom is 0.0159 e. The van der Waals surface area contributed by atoms with Gasteiger partial charge in [-0.1, -0.05) is 22.4 Å². The maximum absolute atomic E-state index is 3.51. The zero-order valence-corrected chi connectivity index (χ0v) is 9.39. The lowest BCUT2D eigenvalue weighted by Gasteiger charge is -2.30. The minimum Gasteiger partial charge on any atom is -0.302 e. The Morgan fingerprint density at radius 2 is 2.17 bits per heavy atom. The first kappa shape index (κ1) is 9.01. The third-order valence-corrected chi connectivity index (χ3v) is 4.06. The molecule has 2 aliphatic rings. The van der Waals surface area contributed by atoms with Crippen LogP contribution >= 0.6 is 15.9 Å². The van der Waals surface area contributed by atoms with Crippen molar-refractivity contribution in [1.82, 2.24) is 4.90 Å². The van der Waals surface area contributed by atoms with Crippen molar-refractivity contribution in [3.63, 3.8) is 0 Å². The molecule has 2 fully saturated rings. The number of fused-ring (bicyclic) bond motifs is 2. The molecule has 0 amide bonds. The largest absolute Gasteiger partial charge is 0.302 e. The van der Waals surface area contributed by atoms with Crippen LogP contribution in [0.3, 0.4) is 0 Å². The van der Waals surface area contributed by atoms with Crippen molar-refractivity contribution >= 4 is 15.9 Å². The van der Waals surface area contributed by atoms with Crippen LogP contribution in [0, 0.1) is 11.8 Å². The van der Waals surface area contributed by atoms with Crippen molar-refractivity contribution < 1.29 is 0 Å². The minimum absolute atomic E-state index is 0.918. The maximum atomic E-state index is 3.51. The molecule has 1 nitrogen and oxygen atoms in total. The summed E-state index contributed by atoms with van der Waals surface area (Å²) in [7, 11) is 2.28. The molecule has 3 atom stereocenters. The van der Waals surface area contributed by atoms with E-state index in [1.807, 2.05) is 0 Å². The molecule has 2 aliphatic carbocycles. The van der Waals surface area contributed by atoms with Crippen LogP contribution in [-0.4, -0.2) is 29.9 Å². The molecule has 0 radical (unpaired) electrons. The zero-order chi connectivity index (χ0) is 8.55. The van der Waals surface area contributed by atoms with E-state index in [9.17, 15) is 0 Å². The lowest BCUT2D eigenvalue weighted by Crippen LogP contribution is -2.37. The van der Waals surface area contributed by atoms with E-state index in [0.29, 0.717) is 0 Å². The molecule has 2 heteroatoms. The van der Waals surface area contributed by atoms with Crippen LogP contribution in [0.4, 0.5) is 0 Å². The molecule has 0 aliphatic heterocycles. The average molecular weight is 232 g/mol. The molecule has 0 spiro atoms. The number of rotatable bonds is 3. The van der Waals surface area contributed by atoms with Crippen LogP contribution in [0.25, 0.3) is 0 Å². The summed E-state index contributed by atoms with van der Waals surface area (Å²) in [5.41, 5.74) is 0. The van der Waals surface area contributed by atoms with Crippen molar-refractivity contribution in [3.05, 3.63) is 0 Å². The van der Waals surface area contributed by atoms with E-state index < -0.39 is 0 Å². The normalized spacial score (nSPS) is 39.8. The van der Waals surface area contributed by atoms with Gasteiger partial charge in [0, 0.05) is 17.9 Å². The minimum atomic E-state index is 0.918. The molecular weight excluding hydrogens is 214 g/mol. The average Bonchev–Trinajstić information content (AvgIpc) is 2.64. The van der Waals surface area contributed by atoms with E-state index in [4.69, 9.17) is 0 Å². The van der Waals surface area contributed by atoms with Crippen molar-refractivity contribution in [1.29, 1.82) is 0 Å². The predicted molar refractivity (Wildman–Crippen MR) is 55.7 cm³/mol. The summed E-state index contributed by atoms with van der Waals surface area (Å²) in [6, 6.07) is 0.918. The molecule has 0 saturated heterocycles. The van der Waals surface area contributed by atoms with Gasteiger partial charge < -0.3 is 4.90 Å². The Morgan fingerprint density at radius 1 is 1.33 bits per heavy atom. The molecule has 70 valence electrons. The summed E-state index contributed by atoms with van der Waals surface area (Å²) in [6.45, 7) is 1.22. The molecule has 2 saturated carbocycles. The fourth-order valence-electron chi connectivity index (χ4n) is 3.05. The SMILES string of the molecule is CN(CCBr)C1CC2CCC1C2. The highest BCUT2D eigenvalue weighted by Gasteiger charge is 2.40. The van der Waals surface area contributed by atoms with E-state index in [1.54, 1.807) is 0 Å². The van der Waals surface area contributed by atoms with E-state index in [0.717, 1.165) is 23.2 Å². The lowest BCUT2D eigenvalue weighted by atomic mass is 9.94. The molecular formula is C10H18BrN. The topological polar surface area (TPSA) is 3.24 Å². The summed E-state index contributed by atoms with van der Waals surface area (Å²) < 4.78 is 0. The molecule has 0 aromatic rings. The Bertz CT molecular complexity index is 160. The van der Waals surface area contributed by atoms with Gasteiger partial charge in [-0.3, -0.25) is 0 Å². The standard InChI is InChI=1S/C10H18BrN/c1-12(5-4-11)10-7-8-2-3-9(10)6-8/h8-10H,2-7H2,1H3. The van der Waals surface area contributed by atoms with Crippen LogP contribution < -0.4 is 0 Å². The van der Waals surface area contributed by atoms with E-state index in [2.05, 4.69) is 27.9 Å². The second-order valence-corrected chi connectivity index (χ2v) is 5.20. The van der Waals surface area contributed by atoms with Crippen molar-refractivity contribution in [2.24, 2.45) is 11.8 Å². The summed E-state index contributed by atoms with van der Waals surface area (Å²) in [5.74, 6) is 2.12. The second-order valence-electron chi connectivity index (χ2n) is 4.41. The van der Waals surface area contributed by atoms with Crippen LogP contribution in [0.15, 0.2) is 0 Å². The van der Waals surface area contributed by atoms with Gasteiger partial charge in [0.25, 0.3) is 0 Å². The number of alkyl halides is 1. The highest BCUT2D eigenvalue weighted by molar-refractivity contribution is 9.09. The van der Waals surface area contributed by atoms with Crippen LogP contribution in [-0.2, 0) is 0 Å². The van der Waals surface area contributed by atoms with Crippen molar-refractivity contribution in [2.75, 3.05) is 18.9 Å². The molecule has 0 aromatic heterocycles. The molecule has 2 bridgehead atoms. The van der Waals surface area contributed by atoms with Crippen molar-refractivity contribution in [2.45, 2.75) is 31.7 Å². The van der Waals surface area contributed by atoms with Crippen molar-refractivity contribution in [3.8, 4) is 0 Å². The van der Waals surface area contributed by atoms with Gasteiger partial charge in [0.2, 0.25) is 0 Å². The first-order chi connectivity index (χ1) is 5.81.